The van der Waals surface area contributed by atoms with Gasteiger partial charge in [0.15, 0.2) is 6.10 Å². The number of rotatable bonds is 6. The molecule has 2 unspecified atom stereocenters. The molecule has 0 fully saturated rings. The number of aryl methyl sites for hydroxylation is 1. The number of carbonyl (C=O) groups is 1. The lowest BCUT2D eigenvalue weighted by Crippen LogP contribution is -2.34. The van der Waals surface area contributed by atoms with Gasteiger partial charge >= 0.3 is 0 Å². The molecule has 0 saturated carbocycles. The molecular formula is C15H24N2O2. The molecule has 0 aromatic heterocycles. The highest BCUT2D eigenvalue weighted by Crippen LogP contribution is 2.27. The summed E-state index contributed by atoms with van der Waals surface area (Å²) in [5.74, 6) is 0.646. The highest BCUT2D eigenvalue weighted by Gasteiger charge is 2.17. The molecule has 1 aromatic carbocycles. The summed E-state index contributed by atoms with van der Waals surface area (Å²) >= 11 is 0. The lowest BCUT2D eigenvalue weighted by molar-refractivity contribution is -0.126. The molecule has 1 aromatic rings. The second-order valence-electron chi connectivity index (χ2n) is 4.69. The molecule has 2 atom stereocenters. The van der Waals surface area contributed by atoms with Gasteiger partial charge in [0.25, 0.3) is 5.91 Å². The summed E-state index contributed by atoms with van der Waals surface area (Å²) < 4.78 is 5.79. The van der Waals surface area contributed by atoms with E-state index in [0.29, 0.717) is 0 Å². The lowest BCUT2D eigenvalue weighted by atomic mass is 10.0. The molecule has 0 aliphatic carbocycles. The first-order valence-corrected chi connectivity index (χ1v) is 6.71. The Morgan fingerprint density at radius 2 is 2.05 bits per heavy atom. The Morgan fingerprint density at radius 3 is 2.63 bits per heavy atom. The van der Waals surface area contributed by atoms with E-state index in [9.17, 15) is 4.79 Å². The van der Waals surface area contributed by atoms with Gasteiger partial charge in [-0.15, -0.1) is 0 Å². The Morgan fingerprint density at radius 1 is 1.37 bits per heavy atom. The SMILES string of the molecule is CCNC(C)c1ccc(C)cc1OC(C)C(=O)NC. The predicted molar refractivity (Wildman–Crippen MR) is 77.4 cm³/mol. The van der Waals surface area contributed by atoms with Crippen molar-refractivity contribution in [3.63, 3.8) is 0 Å². The van der Waals surface area contributed by atoms with Crippen LogP contribution in [0.4, 0.5) is 0 Å². The Bertz CT molecular complexity index is 432. The summed E-state index contributed by atoms with van der Waals surface area (Å²) in [4.78, 5) is 11.6. The second-order valence-corrected chi connectivity index (χ2v) is 4.69. The lowest BCUT2D eigenvalue weighted by Gasteiger charge is -2.20. The van der Waals surface area contributed by atoms with Crippen LogP contribution in [0.5, 0.6) is 5.75 Å². The summed E-state index contributed by atoms with van der Waals surface area (Å²) in [7, 11) is 1.61. The number of carbonyl (C=O) groups excluding carboxylic acids is 1. The Balaban J connectivity index is 2.97. The van der Waals surface area contributed by atoms with Crippen molar-refractivity contribution < 1.29 is 9.53 Å². The first-order valence-electron chi connectivity index (χ1n) is 6.71. The van der Waals surface area contributed by atoms with E-state index in [4.69, 9.17) is 4.74 Å². The van der Waals surface area contributed by atoms with Crippen molar-refractivity contribution in [2.75, 3.05) is 13.6 Å². The maximum Gasteiger partial charge on any atom is 0.260 e. The van der Waals surface area contributed by atoms with Gasteiger partial charge in [-0.1, -0.05) is 19.1 Å². The first kappa shape index (κ1) is 15.5. The molecule has 2 N–H and O–H groups in total. The van der Waals surface area contributed by atoms with Crippen LogP contribution in [0, 0.1) is 6.92 Å². The molecule has 0 aliphatic heterocycles. The molecule has 0 aliphatic rings. The van der Waals surface area contributed by atoms with Crippen molar-refractivity contribution in [3.8, 4) is 5.75 Å². The van der Waals surface area contributed by atoms with Crippen LogP contribution in [0.3, 0.4) is 0 Å². The molecule has 4 nitrogen and oxygen atoms in total. The minimum atomic E-state index is -0.501. The average Bonchev–Trinajstić information content (AvgIpc) is 2.38. The van der Waals surface area contributed by atoms with Crippen molar-refractivity contribution in [3.05, 3.63) is 29.3 Å². The molecule has 0 radical (unpaired) electrons. The van der Waals surface area contributed by atoms with Crippen LogP contribution in [-0.4, -0.2) is 25.6 Å². The van der Waals surface area contributed by atoms with Gasteiger partial charge in [0.2, 0.25) is 0 Å². The third-order valence-electron chi connectivity index (χ3n) is 3.07. The molecular weight excluding hydrogens is 240 g/mol. The van der Waals surface area contributed by atoms with Crippen LogP contribution in [0.2, 0.25) is 0 Å². The molecule has 1 rings (SSSR count). The summed E-state index contributed by atoms with van der Waals surface area (Å²) in [5.41, 5.74) is 2.19. The van der Waals surface area contributed by atoms with Gasteiger partial charge in [-0.2, -0.15) is 0 Å². The zero-order valence-corrected chi connectivity index (χ0v) is 12.4. The van der Waals surface area contributed by atoms with E-state index in [-0.39, 0.29) is 11.9 Å². The second kappa shape index (κ2) is 7.14. The Hall–Kier alpha value is -1.55. The third-order valence-corrected chi connectivity index (χ3v) is 3.07. The Labute approximate surface area is 115 Å². The first-order chi connectivity index (χ1) is 8.99. The fourth-order valence-electron chi connectivity index (χ4n) is 1.96. The van der Waals surface area contributed by atoms with Gasteiger partial charge in [0, 0.05) is 18.7 Å². The van der Waals surface area contributed by atoms with Gasteiger partial charge < -0.3 is 15.4 Å². The van der Waals surface area contributed by atoms with Crippen molar-refractivity contribution in [2.45, 2.75) is 39.8 Å². The van der Waals surface area contributed by atoms with E-state index in [0.717, 1.165) is 23.4 Å². The molecule has 0 spiro atoms. The number of likely N-dealkylation sites (N-methyl/N-ethyl adjacent to an activating group) is 1. The van der Waals surface area contributed by atoms with Crippen LogP contribution < -0.4 is 15.4 Å². The van der Waals surface area contributed by atoms with E-state index in [1.54, 1.807) is 14.0 Å². The van der Waals surface area contributed by atoms with Crippen molar-refractivity contribution >= 4 is 5.91 Å². The van der Waals surface area contributed by atoms with Gasteiger partial charge in [0.1, 0.15) is 5.75 Å². The smallest absolute Gasteiger partial charge is 0.260 e. The zero-order chi connectivity index (χ0) is 14.4. The number of amides is 1. The highest BCUT2D eigenvalue weighted by atomic mass is 16.5. The third kappa shape index (κ3) is 4.24. The number of hydrogen-bond acceptors (Lipinski definition) is 3. The van der Waals surface area contributed by atoms with Crippen LogP contribution in [0.15, 0.2) is 18.2 Å². The molecule has 106 valence electrons. The average molecular weight is 264 g/mol. The van der Waals surface area contributed by atoms with E-state index < -0.39 is 6.10 Å². The molecule has 0 heterocycles. The van der Waals surface area contributed by atoms with E-state index in [2.05, 4.69) is 36.6 Å². The normalized spacial score (nSPS) is 13.7. The van der Waals surface area contributed by atoms with Crippen molar-refractivity contribution in [1.82, 2.24) is 10.6 Å². The minimum absolute atomic E-state index is 0.122. The molecule has 0 bridgehead atoms. The van der Waals surface area contributed by atoms with Crippen LogP contribution >= 0.6 is 0 Å². The molecule has 4 heteroatoms. The highest BCUT2D eigenvalue weighted by molar-refractivity contribution is 5.80. The predicted octanol–water partition coefficient (Wildman–Crippen LogP) is 2.18. The van der Waals surface area contributed by atoms with Gasteiger partial charge in [0.05, 0.1) is 0 Å². The molecule has 1 amide bonds. The topological polar surface area (TPSA) is 50.4 Å². The Kier molecular flexibility index (Phi) is 5.83. The van der Waals surface area contributed by atoms with E-state index >= 15 is 0 Å². The number of hydrogen-bond donors (Lipinski definition) is 2. The van der Waals surface area contributed by atoms with E-state index in [1.807, 2.05) is 13.0 Å². The zero-order valence-electron chi connectivity index (χ0n) is 12.4. The summed E-state index contributed by atoms with van der Waals surface area (Å²) in [6.45, 7) is 8.81. The summed E-state index contributed by atoms with van der Waals surface area (Å²) in [6.07, 6.45) is -0.501. The van der Waals surface area contributed by atoms with Crippen LogP contribution in [0.25, 0.3) is 0 Å². The van der Waals surface area contributed by atoms with Crippen LogP contribution in [-0.2, 0) is 4.79 Å². The number of ether oxygens (including phenoxy) is 1. The summed E-state index contributed by atoms with van der Waals surface area (Å²) in [6, 6.07) is 6.27. The molecule has 19 heavy (non-hydrogen) atoms. The van der Waals surface area contributed by atoms with Gasteiger partial charge in [-0.3, -0.25) is 4.79 Å². The van der Waals surface area contributed by atoms with Gasteiger partial charge in [-0.25, -0.2) is 0 Å². The summed E-state index contributed by atoms with van der Waals surface area (Å²) in [5, 5.41) is 5.95. The van der Waals surface area contributed by atoms with Crippen molar-refractivity contribution in [1.29, 1.82) is 0 Å². The minimum Gasteiger partial charge on any atom is -0.481 e. The standard InChI is InChI=1S/C15H24N2O2/c1-6-17-11(3)13-8-7-10(2)9-14(13)19-12(4)15(18)16-5/h7-9,11-12,17H,6H2,1-5H3,(H,16,18). The number of benzene rings is 1. The maximum atomic E-state index is 11.6. The van der Waals surface area contributed by atoms with Gasteiger partial charge in [-0.05, 0) is 38.9 Å². The monoisotopic (exact) mass is 264 g/mol. The maximum absolute atomic E-state index is 11.6. The fraction of sp³-hybridized carbons (Fsp3) is 0.533. The van der Waals surface area contributed by atoms with Crippen molar-refractivity contribution in [2.24, 2.45) is 0 Å². The van der Waals surface area contributed by atoms with E-state index in [1.165, 1.54) is 0 Å². The number of nitrogens with one attached hydrogen (secondary N) is 2. The van der Waals surface area contributed by atoms with Crippen LogP contribution in [0.1, 0.15) is 37.9 Å². The fourth-order valence-corrected chi connectivity index (χ4v) is 1.96. The molecule has 0 saturated heterocycles. The quantitative estimate of drug-likeness (QED) is 0.828. The largest absolute Gasteiger partial charge is 0.481 e.